The van der Waals surface area contributed by atoms with E-state index in [1.807, 2.05) is 12.1 Å². The number of hydrogen-bond acceptors (Lipinski definition) is 1. The lowest BCUT2D eigenvalue weighted by atomic mass is 9.95. The summed E-state index contributed by atoms with van der Waals surface area (Å²) in [7, 11) is 0. The number of hydrogen-bond donors (Lipinski definition) is 1. The Kier molecular flexibility index (Phi) is 5.54. The first-order chi connectivity index (χ1) is 9.97. The van der Waals surface area contributed by atoms with E-state index in [2.05, 4.69) is 60.2 Å². The van der Waals surface area contributed by atoms with Gasteiger partial charge in [0.1, 0.15) is 5.82 Å². The Hall–Kier alpha value is -1.19. The molecule has 0 saturated carbocycles. The van der Waals surface area contributed by atoms with Crippen molar-refractivity contribution in [1.82, 2.24) is 5.32 Å². The zero-order valence-corrected chi connectivity index (χ0v) is 14.2. The molecule has 112 valence electrons. The molecule has 3 heteroatoms. The second-order valence-corrected chi connectivity index (χ2v) is 6.60. The van der Waals surface area contributed by atoms with Crippen LogP contribution in [0.2, 0.25) is 0 Å². The highest BCUT2D eigenvalue weighted by atomic mass is 79.9. The fourth-order valence-electron chi connectivity index (χ4n) is 2.42. The predicted molar refractivity (Wildman–Crippen MR) is 89.7 cm³/mol. The lowest BCUT2D eigenvalue weighted by Gasteiger charge is -2.23. The molecule has 0 heterocycles. The molecule has 2 rings (SSSR count). The number of benzene rings is 2. The molecular weight excluding hydrogens is 329 g/mol. The van der Waals surface area contributed by atoms with Crippen molar-refractivity contribution < 1.29 is 4.39 Å². The average Bonchev–Trinajstić information content (AvgIpc) is 2.42. The normalized spacial score (nSPS) is 12.7. The highest BCUT2D eigenvalue weighted by molar-refractivity contribution is 9.10. The first-order valence-electron chi connectivity index (χ1n) is 7.21. The highest BCUT2D eigenvalue weighted by Gasteiger charge is 2.15. The molecule has 0 aromatic heterocycles. The topological polar surface area (TPSA) is 12.0 Å². The Morgan fingerprint density at radius 3 is 2.33 bits per heavy atom. The summed E-state index contributed by atoms with van der Waals surface area (Å²) in [6, 6.07) is 13.3. The van der Waals surface area contributed by atoms with Crippen molar-refractivity contribution in [2.24, 2.45) is 5.92 Å². The maximum absolute atomic E-state index is 13.1. The van der Waals surface area contributed by atoms with Crippen LogP contribution < -0.4 is 5.32 Å². The molecule has 0 aliphatic rings. The molecule has 0 spiro atoms. The van der Waals surface area contributed by atoms with E-state index in [0.717, 1.165) is 16.6 Å². The summed E-state index contributed by atoms with van der Waals surface area (Å²) in [6.45, 7) is 7.20. The SMILES string of the molecule is Cc1ccc(CNC(c2ccc(F)cc2)C(C)C)c(Br)c1. The maximum Gasteiger partial charge on any atom is 0.123 e. The van der Waals surface area contributed by atoms with E-state index in [4.69, 9.17) is 0 Å². The minimum Gasteiger partial charge on any atom is -0.306 e. The Bertz CT molecular complexity index is 593. The van der Waals surface area contributed by atoms with Gasteiger partial charge in [0.05, 0.1) is 0 Å². The standard InChI is InChI=1S/C18H21BrFN/c1-12(2)18(14-6-8-16(20)9-7-14)21-11-15-5-4-13(3)10-17(15)19/h4-10,12,18,21H,11H2,1-3H3. The molecule has 0 aliphatic heterocycles. The summed E-state index contributed by atoms with van der Waals surface area (Å²) in [5.74, 6) is 0.238. The molecule has 0 fully saturated rings. The summed E-state index contributed by atoms with van der Waals surface area (Å²) >= 11 is 3.61. The Morgan fingerprint density at radius 2 is 1.76 bits per heavy atom. The van der Waals surface area contributed by atoms with Gasteiger partial charge < -0.3 is 5.32 Å². The molecule has 1 unspecified atom stereocenters. The van der Waals surface area contributed by atoms with Gasteiger partial charge in [-0.25, -0.2) is 4.39 Å². The van der Waals surface area contributed by atoms with Gasteiger partial charge in [0, 0.05) is 17.1 Å². The number of halogens is 2. The molecule has 21 heavy (non-hydrogen) atoms. The first-order valence-corrected chi connectivity index (χ1v) is 8.00. The highest BCUT2D eigenvalue weighted by Crippen LogP contribution is 2.24. The lowest BCUT2D eigenvalue weighted by Crippen LogP contribution is -2.25. The monoisotopic (exact) mass is 349 g/mol. The third kappa shape index (κ3) is 4.39. The van der Waals surface area contributed by atoms with E-state index in [-0.39, 0.29) is 11.9 Å². The van der Waals surface area contributed by atoms with Crippen LogP contribution in [0, 0.1) is 18.7 Å². The second kappa shape index (κ2) is 7.19. The van der Waals surface area contributed by atoms with Gasteiger partial charge in [-0.2, -0.15) is 0 Å². The van der Waals surface area contributed by atoms with Gasteiger partial charge in [-0.05, 0) is 47.7 Å². The van der Waals surface area contributed by atoms with E-state index in [1.165, 1.54) is 23.3 Å². The van der Waals surface area contributed by atoms with Gasteiger partial charge >= 0.3 is 0 Å². The van der Waals surface area contributed by atoms with Crippen molar-refractivity contribution in [1.29, 1.82) is 0 Å². The van der Waals surface area contributed by atoms with Crippen LogP contribution >= 0.6 is 15.9 Å². The van der Waals surface area contributed by atoms with E-state index >= 15 is 0 Å². The fourth-order valence-corrected chi connectivity index (χ4v) is 3.06. The van der Waals surface area contributed by atoms with Crippen LogP contribution in [0.25, 0.3) is 0 Å². The predicted octanol–water partition coefficient (Wildman–Crippen LogP) is 5.38. The molecule has 2 aromatic rings. The Morgan fingerprint density at radius 1 is 1.10 bits per heavy atom. The molecule has 2 aromatic carbocycles. The van der Waals surface area contributed by atoms with E-state index in [0.29, 0.717) is 5.92 Å². The van der Waals surface area contributed by atoms with Crippen LogP contribution in [0.15, 0.2) is 46.9 Å². The minimum atomic E-state index is -0.192. The molecular formula is C18H21BrFN. The zero-order chi connectivity index (χ0) is 15.4. The summed E-state index contributed by atoms with van der Waals surface area (Å²) in [5.41, 5.74) is 3.59. The Balaban J connectivity index is 2.12. The van der Waals surface area contributed by atoms with Crippen LogP contribution in [0.1, 0.15) is 36.6 Å². The van der Waals surface area contributed by atoms with Gasteiger partial charge in [0.15, 0.2) is 0 Å². The molecule has 1 nitrogen and oxygen atoms in total. The maximum atomic E-state index is 13.1. The second-order valence-electron chi connectivity index (χ2n) is 5.75. The summed E-state index contributed by atoms with van der Waals surface area (Å²) in [4.78, 5) is 0. The van der Waals surface area contributed by atoms with E-state index in [1.54, 1.807) is 0 Å². The van der Waals surface area contributed by atoms with E-state index < -0.39 is 0 Å². The molecule has 0 amide bonds. The van der Waals surface area contributed by atoms with E-state index in [9.17, 15) is 4.39 Å². The van der Waals surface area contributed by atoms with Crippen molar-refractivity contribution in [3.8, 4) is 0 Å². The summed E-state index contributed by atoms with van der Waals surface area (Å²) in [5, 5.41) is 3.58. The quantitative estimate of drug-likeness (QED) is 0.763. The van der Waals surface area contributed by atoms with Crippen molar-refractivity contribution >= 4 is 15.9 Å². The van der Waals surface area contributed by atoms with Crippen LogP contribution in [-0.2, 0) is 6.54 Å². The first kappa shape index (κ1) is 16.2. The fraction of sp³-hybridized carbons (Fsp3) is 0.333. The third-order valence-corrected chi connectivity index (χ3v) is 4.35. The molecule has 0 radical (unpaired) electrons. The van der Waals surface area contributed by atoms with Crippen LogP contribution in [0.4, 0.5) is 4.39 Å². The van der Waals surface area contributed by atoms with Gasteiger partial charge in [-0.1, -0.05) is 54.0 Å². The van der Waals surface area contributed by atoms with Crippen molar-refractivity contribution in [3.05, 3.63) is 69.4 Å². The summed E-state index contributed by atoms with van der Waals surface area (Å²) < 4.78 is 14.2. The van der Waals surface area contributed by atoms with Crippen molar-refractivity contribution in [2.75, 3.05) is 0 Å². The number of nitrogens with one attached hydrogen (secondary N) is 1. The van der Waals surface area contributed by atoms with Crippen molar-refractivity contribution in [2.45, 2.75) is 33.4 Å². The van der Waals surface area contributed by atoms with Gasteiger partial charge in [-0.15, -0.1) is 0 Å². The van der Waals surface area contributed by atoms with Crippen LogP contribution in [-0.4, -0.2) is 0 Å². The third-order valence-electron chi connectivity index (χ3n) is 3.62. The summed E-state index contributed by atoms with van der Waals surface area (Å²) in [6.07, 6.45) is 0. The van der Waals surface area contributed by atoms with Crippen LogP contribution in [0.5, 0.6) is 0 Å². The van der Waals surface area contributed by atoms with Gasteiger partial charge in [-0.3, -0.25) is 0 Å². The number of aryl methyl sites for hydroxylation is 1. The molecule has 0 bridgehead atoms. The minimum absolute atomic E-state index is 0.192. The largest absolute Gasteiger partial charge is 0.306 e. The van der Waals surface area contributed by atoms with Crippen LogP contribution in [0.3, 0.4) is 0 Å². The number of rotatable bonds is 5. The molecule has 1 atom stereocenters. The molecule has 1 N–H and O–H groups in total. The molecule has 0 saturated heterocycles. The average molecular weight is 350 g/mol. The molecule has 0 aliphatic carbocycles. The van der Waals surface area contributed by atoms with Crippen molar-refractivity contribution in [3.63, 3.8) is 0 Å². The van der Waals surface area contributed by atoms with Gasteiger partial charge in [0.2, 0.25) is 0 Å². The smallest absolute Gasteiger partial charge is 0.123 e. The lowest BCUT2D eigenvalue weighted by molar-refractivity contribution is 0.410. The Labute approximate surface area is 134 Å². The van der Waals surface area contributed by atoms with Gasteiger partial charge in [0.25, 0.3) is 0 Å². The zero-order valence-electron chi connectivity index (χ0n) is 12.7.